The molecule has 0 aromatic heterocycles. The van der Waals surface area contributed by atoms with E-state index in [1.54, 1.807) is 38.2 Å². The fourth-order valence-corrected chi connectivity index (χ4v) is 3.56. The summed E-state index contributed by atoms with van der Waals surface area (Å²) in [6, 6.07) is 16.0. The molecule has 0 fully saturated rings. The van der Waals surface area contributed by atoms with Gasteiger partial charge in [0.25, 0.3) is 0 Å². The van der Waals surface area contributed by atoms with Gasteiger partial charge in [0.2, 0.25) is 5.60 Å². The second-order valence-electron chi connectivity index (χ2n) is 7.54. The van der Waals surface area contributed by atoms with Crippen LogP contribution >= 0.6 is 0 Å². The van der Waals surface area contributed by atoms with Crippen molar-refractivity contribution in [2.75, 3.05) is 6.61 Å². The maximum Gasteiger partial charge on any atom is 0.424 e. The maximum absolute atomic E-state index is 13.9. The monoisotopic (exact) mass is 427 g/mol. The maximum atomic E-state index is 13.9. The first-order chi connectivity index (χ1) is 14.7. The Hall–Kier alpha value is -3.13. The van der Waals surface area contributed by atoms with Gasteiger partial charge in [-0.2, -0.15) is 13.2 Å². The average Bonchev–Trinajstić information content (AvgIpc) is 3.15. The molecule has 31 heavy (non-hydrogen) atoms. The Bertz CT molecular complexity index is 1130. The molecule has 3 aromatic rings. The zero-order chi connectivity index (χ0) is 22.2. The Balaban J connectivity index is 1.64. The van der Waals surface area contributed by atoms with Crippen LogP contribution in [0.25, 0.3) is 0 Å². The van der Waals surface area contributed by atoms with E-state index in [-0.39, 0.29) is 17.1 Å². The topological polar surface area (TPSA) is 41.8 Å². The van der Waals surface area contributed by atoms with Gasteiger partial charge >= 0.3 is 6.18 Å². The molecule has 0 spiro atoms. The molecule has 4 rings (SSSR count). The lowest BCUT2D eigenvalue weighted by Gasteiger charge is -2.31. The largest absolute Gasteiger partial charge is 0.490 e. The van der Waals surface area contributed by atoms with Crippen molar-refractivity contribution in [3.05, 3.63) is 94.8 Å². The fourth-order valence-electron chi connectivity index (χ4n) is 3.56. The molecule has 1 aliphatic heterocycles. The molecule has 0 bridgehead atoms. The third-order valence-corrected chi connectivity index (χ3v) is 5.31. The van der Waals surface area contributed by atoms with E-state index in [1.807, 2.05) is 0 Å². The lowest BCUT2D eigenvalue weighted by atomic mass is 9.89. The summed E-state index contributed by atoms with van der Waals surface area (Å²) in [5.74, 6) is -0.146. The smallest absolute Gasteiger partial charge is 0.424 e. The van der Waals surface area contributed by atoms with Gasteiger partial charge in [-0.15, -0.1) is 0 Å². The number of halogens is 4. The summed E-state index contributed by atoms with van der Waals surface area (Å²) in [6.45, 7) is -0.989. The summed E-state index contributed by atoms with van der Waals surface area (Å²) < 4.78 is 60.2. The van der Waals surface area contributed by atoms with Gasteiger partial charge in [-0.05, 0) is 52.6 Å². The third kappa shape index (κ3) is 4.08. The van der Waals surface area contributed by atoms with Gasteiger partial charge < -0.3 is 9.84 Å². The summed E-state index contributed by atoms with van der Waals surface area (Å²) >= 11 is 0. The van der Waals surface area contributed by atoms with E-state index >= 15 is 0 Å². The van der Waals surface area contributed by atoms with E-state index in [2.05, 4.69) is 4.99 Å². The summed E-state index contributed by atoms with van der Waals surface area (Å²) in [5, 5.41) is 10.7. The molecule has 2 atom stereocenters. The van der Waals surface area contributed by atoms with Crippen molar-refractivity contribution in [3.63, 3.8) is 0 Å². The standard InChI is InChI=1S/C23H18BF4NO2/c24-17-2-1-3-19(11-17)31-13-22(30,23(26,27)28)16-6-9-20-15(10-16)12-29-21(20)14-4-7-18(25)8-5-14/h1-12,21,30H,13,24H2. The van der Waals surface area contributed by atoms with Crippen LogP contribution in [-0.2, 0) is 5.60 Å². The van der Waals surface area contributed by atoms with E-state index in [4.69, 9.17) is 4.74 Å². The second kappa shape index (κ2) is 7.85. The van der Waals surface area contributed by atoms with Crippen LogP contribution in [0.4, 0.5) is 17.6 Å². The predicted octanol–water partition coefficient (Wildman–Crippen LogP) is 3.43. The van der Waals surface area contributed by atoms with Crippen LogP contribution in [0.15, 0.2) is 71.7 Å². The molecular weight excluding hydrogens is 409 g/mol. The van der Waals surface area contributed by atoms with Crippen molar-refractivity contribution in [3.8, 4) is 5.75 Å². The van der Waals surface area contributed by atoms with Crippen LogP contribution in [0, 0.1) is 5.82 Å². The van der Waals surface area contributed by atoms with E-state index in [0.717, 1.165) is 11.0 Å². The van der Waals surface area contributed by atoms with Gasteiger partial charge in [0, 0.05) is 6.21 Å². The van der Waals surface area contributed by atoms with E-state index in [0.29, 0.717) is 11.1 Å². The summed E-state index contributed by atoms with van der Waals surface area (Å²) in [7, 11) is 1.79. The van der Waals surface area contributed by atoms with Gasteiger partial charge in [0.1, 0.15) is 32.1 Å². The summed E-state index contributed by atoms with van der Waals surface area (Å²) in [5.41, 5.74) is -0.845. The van der Waals surface area contributed by atoms with Gasteiger partial charge in [-0.25, -0.2) is 4.39 Å². The molecule has 8 heteroatoms. The molecule has 0 aliphatic carbocycles. The molecule has 1 N–H and O–H groups in total. The number of rotatable bonds is 5. The van der Waals surface area contributed by atoms with Crippen LogP contribution < -0.4 is 10.2 Å². The number of ether oxygens (including phenoxy) is 1. The van der Waals surface area contributed by atoms with Crippen LogP contribution in [0.3, 0.4) is 0 Å². The number of benzene rings is 3. The molecule has 2 unspecified atom stereocenters. The van der Waals surface area contributed by atoms with E-state index < -0.39 is 24.4 Å². The third-order valence-electron chi connectivity index (χ3n) is 5.31. The number of alkyl halides is 3. The van der Waals surface area contributed by atoms with Gasteiger partial charge in [-0.1, -0.05) is 41.9 Å². The van der Waals surface area contributed by atoms with Crippen LogP contribution in [0.1, 0.15) is 28.3 Å². The first-order valence-electron chi connectivity index (χ1n) is 9.59. The molecular formula is C23H18BF4NO2. The summed E-state index contributed by atoms with van der Waals surface area (Å²) in [6.07, 6.45) is -3.50. The Labute approximate surface area is 177 Å². The van der Waals surface area contributed by atoms with Crippen molar-refractivity contribution < 1.29 is 27.4 Å². The second-order valence-corrected chi connectivity index (χ2v) is 7.54. The molecule has 158 valence electrons. The van der Waals surface area contributed by atoms with Crippen molar-refractivity contribution in [1.29, 1.82) is 0 Å². The van der Waals surface area contributed by atoms with E-state index in [1.165, 1.54) is 42.6 Å². The van der Waals surface area contributed by atoms with Gasteiger partial charge in [0.15, 0.2) is 0 Å². The normalized spacial score (nSPS) is 17.3. The van der Waals surface area contributed by atoms with E-state index in [9.17, 15) is 22.7 Å². The number of aliphatic hydroxyl groups is 1. The number of fused-ring (bicyclic) bond motifs is 1. The van der Waals surface area contributed by atoms with Crippen molar-refractivity contribution in [2.24, 2.45) is 4.99 Å². The van der Waals surface area contributed by atoms with Gasteiger partial charge in [0.05, 0.1) is 0 Å². The lowest BCUT2D eigenvalue weighted by molar-refractivity contribution is -0.275. The van der Waals surface area contributed by atoms with Crippen molar-refractivity contribution in [1.82, 2.24) is 0 Å². The Morgan fingerprint density at radius 1 is 1.00 bits per heavy atom. The quantitative estimate of drug-likeness (QED) is 0.501. The highest BCUT2D eigenvalue weighted by molar-refractivity contribution is 6.32. The minimum Gasteiger partial charge on any atom is -0.490 e. The molecule has 1 aliphatic rings. The number of nitrogens with zero attached hydrogens (tertiary/aromatic N) is 1. The molecule has 0 saturated heterocycles. The average molecular weight is 427 g/mol. The van der Waals surface area contributed by atoms with Crippen molar-refractivity contribution in [2.45, 2.75) is 17.8 Å². The zero-order valence-electron chi connectivity index (χ0n) is 16.5. The molecule has 0 amide bonds. The SMILES string of the molecule is Bc1cccc(OCC(O)(c2ccc3c(c2)C=NC3c2ccc(F)cc2)C(F)(F)F)c1. The fraction of sp³-hybridized carbons (Fsp3) is 0.174. The van der Waals surface area contributed by atoms with Gasteiger partial charge in [-0.3, -0.25) is 4.99 Å². The first-order valence-corrected chi connectivity index (χ1v) is 9.59. The van der Waals surface area contributed by atoms with Crippen LogP contribution in [0.5, 0.6) is 5.75 Å². The Morgan fingerprint density at radius 2 is 1.74 bits per heavy atom. The zero-order valence-corrected chi connectivity index (χ0v) is 16.5. The molecule has 3 aromatic carbocycles. The molecule has 0 saturated carbocycles. The highest BCUT2D eigenvalue weighted by atomic mass is 19.4. The molecule has 1 heterocycles. The molecule has 0 radical (unpaired) electrons. The minimum atomic E-state index is -4.96. The summed E-state index contributed by atoms with van der Waals surface area (Å²) in [4.78, 5) is 4.35. The van der Waals surface area contributed by atoms with Crippen LogP contribution in [0.2, 0.25) is 0 Å². The first kappa shape index (κ1) is 21.1. The number of hydrogen-bond acceptors (Lipinski definition) is 3. The Morgan fingerprint density at radius 3 is 2.42 bits per heavy atom. The number of aliphatic imine (C=N–C) groups is 1. The lowest BCUT2D eigenvalue weighted by Crippen LogP contribution is -2.47. The predicted molar refractivity (Wildman–Crippen MR) is 112 cm³/mol. The highest BCUT2D eigenvalue weighted by Crippen LogP contribution is 2.42. The number of hydrogen-bond donors (Lipinski definition) is 1. The molecule has 3 nitrogen and oxygen atoms in total. The van der Waals surface area contributed by atoms with Crippen molar-refractivity contribution >= 4 is 19.5 Å². The Kier molecular flexibility index (Phi) is 5.35. The van der Waals surface area contributed by atoms with Crippen LogP contribution in [-0.4, -0.2) is 32.0 Å². The highest BCUT2D eigenvalue weighted by Gasteiger charge is 2.56. The minimum absolute atomic E-state index is 0.238.